The Morgan fingerprint density at radius 2 is 1.06 bits per heavy atom. The van der Waals surface area contributed by atoms with E-state index in [0.29, 0.717) is 98.1 Å². The van der Waals surface area contributed by atoms with Crippen molar-refractivity contribution in [2.45, 2.75) is 44.8 Å². The SMILES string of the molecule is COCCOCCOCCCC(=O)CN(CC(=O)NCCOCCOCCOC)C(Cc1ccc(-c2ccc(OP(O)(=S)C(C)C)cc2)cc1)C(=O)NCCOCCOCCOC. The molecule has 0 aromatic heterocycles. The van der Waals surface area contributed by atoms with E-state index in [1.807, 2.05) is 50.2 Å². The summed E-state index contributed by atoms with van der Waals surface area (Å²) in [7, 11) is 4.81. The third-order valence-electron chi connectivity index (χ3n) is 9.20. The van der Waals surface area contributed by atoms with E-state index in [0.717, 1.165) is 16.7 Å². The van der Waals surface area contributed by atoms with E-state index >= 15 is 0 Å². The monoisotopic (exact) mass is 929 g/mol. The van der Waals surface area contributed by atoms with Crippen molar-refractivity contribution in [1.82, 2.24) is 15.5 Å². The molecular weight excluding hydrogens is 858 g/mol. The molecule has 2 atom stereocenters. The Labute approximate surface area is 379 Å². The van der Waals surface area contributed by atoms with Crippen LogP contribution in [0.15, 0.2) is 48.5 Å². The molecule has 0 saturated heterocycles. The van der Waals surface area contributed by atoms with Crippen LogP contribution in [0.4, 0.5) is 0 Å². The van der Waals surface area contributed by atoms with Gasteiger partial charge in [0.1, 0.15) is 11.5 Å². The van der Waals surface area contributed by atoms with E-state index in [-0.39, 0.29) is 75.5 Å². The molecule has 0 spiro atoms. The van der Waals surface area contributed by atoms with Crippen LogP contribution < -0.4 is 15.2 Å². The van der Waals surface area contributed by atoms with Crippen LogP contribution in [0, 0.1) is 0 Å². The molecule has 3 N–H and O–H groups in total. The van der Waals surface area contributed by atoms with Gasteiger partial charge in [-0.2, -0.15) is 0 Å². The smallest absolute Gasteiger partial charge is 0.238 e. The van der Waals surface area contributed by atoms with Crippen molar-refractivity contribution >= 4 is 35.9 Å². The lowest BCUT2D eigenvalue weighted by molar-refractivity contribution is -0.131. The molecule has 2 amide bonds. The number of benzene rings is 2. The van der Waals surface area contributed by atoms with Gasteiger partial charge in [0.15, 0.2) is 0 Å². The molecule has 2 aromatic rings. The molecule has 358 valence electrons. The van der Waals surface area contributed by atoms with Gasteiger partial charge in [0, 0.05) is 53.1 Å². The van der Waals surface area contributed by atoms with Gasteiger partial charge in [-0.1, -0.05) is 50.2 Å². The number of carbonyl (C=O) groups excluding carboxylic acids is 3. The highest BCUT2D eigenvalue weighted by atomic mass is 32.5. The lowest BCUT2D eigenvalue weighted by Crippen LogP contribution is -2.53. The molecule has 0 fully saturated rings. The Bertz CT molecular complexity index is 1520. The minimum atomic E-state index is -2.97. The molecule has 0 saturated carbocycles. The maximum Gasteiger partial charge on any atom is 0.238 e. The van der Waals surface area contributed by atoms with Gasteiger partial charge in [0.2, 0.25) is 18.3 Å². The summed E-state index contributed by atoms with van der Waals surface area (Å²) in [4.78, 5) is 53.1. The normalized spacial score (nSPS) is 13.0. The quantitative estimate of drug-likeness (QED) is 0.0652. The summed E-state index contributed by atoms with van der Waals surface area (Å²) in [5.41, 5.74) is 2.47. The van der Waals surface area contributed by atoms with Crippen molar-refractivity contribution in [3.05, 3.63) is 54.1 Å². The van der Waals surface area contributed by atoms with Crippen molar-refractivity contribution in [2.24, 2.45) is 0 Å². The zero-order chi connectivity index (χ0) is 46.0. The molecular formula is C44H72N3O14PS. The van der Waals surface area contributed by atoms with Crippen LogP contribution in [0.25, 0.3) is 11.1 Å². The number of carbonyl (C=O) groups is 3. The fourth-order valence-corrected chi connectivity index (χ4v) is 6.51. The van der Waals surface area contributed by atoms with E-state index in [1.165, 1.54) is 0 Å². The number of nitrogens with one attached hydrogen (secondary N) is 2. The molecule has 2 unspecified atom stereocenters. The van der Waals surface area contributed by atoms with Crippen molar-refractivity contribution in [1.29, 1.82) is 0 Å². The van der Waals surface area contributed by atoms with Crippen LogP contribution in [0.5, 0.6) is 5.75 Å². The van der Waals surface area contributed by atoms with Gasteiger partial charge in [0.05, 0.1) is 112 Å². The first-order valence-corrected chi connectivity index (χ1v) is 24.2. The van der Waals surface area contributed by atoms with E-state index in [9.17, 15) is 19.3 Å². The van der Waals surface area contributed by atoms with Crippen molar-refractivity contribution in [3.63, 3.8) is 0 Å². The van der Waals surface area contributed by atoms with E-state index in [2.05, 4.69) is 10.6 Å². The Morgan fingerprint density at radius 1 is 0.619 bits per heavy atom. The van der Waals surface area contributed by atoms with Gasteiger partial charge in [-0.25, -0.2) is 0 Å². The van der Waals surface area contributed by atoms with Gasteiger partial charge in [-0.15, -0.1) is 0 Å². The average molecular weight is 930 g/mol. The summed E-state index contributed by atoms with van der Waals surface area (Å²) in [6.45, 7) is 6.80. The van der Waals surface area contributed by atoms with Crippen molar-refractivity contribution in [3.8, 4) is 16.9 Å². The van der Waals surface area contributed by atoms with Gasteiger partial charge in [0.25, 0.3) is 0 Å². The average Bonchev–Trinajstić information content (AvgIpc) is 3.26. The lowest BCUT2D eigenvalue weighted by Gasteiger charge is -2.30. The Hall–Kier alpha value is -2.94. The number of ketones is 1. The minimum Gasteiger partial charge on any atom is -0.443 e. The summed E-state index contributed by atoms with van der Waals surface area (Å²) in [5, 5.41) is 5.81. The summed E-state index contributed by atoms with van der Waals surface area (Å²) >= 11 is 5.29. The Balaban J connectivity index is 2.21. The maximum atomic E-state index is 14.1. The van der Waals surface area contributed by atoms with Crippen LogP contribution >= 0.6 is 6.49 Å². The third-order valence-corrected chi connectivity index (χ3v) is 12.5. The summed E-state index contributed by atoms with van der Waals surface area (Å²) in [6, 6.07) is 14.2. The number of nitrogens with zero attached hydrogens (tertiary/aromatic N) is 1. The highest BCUT2D eigenvalue weighted by Crippen LogP contribution is 2.47. The summed E-state index contributed by atoms with van der Waals surface area (Å²) in [5.74, 6) is -0.353. The van der Waals surface area contributed by atoms with Crippen LogP contribution in [0.2, 0.25) is 0 Å². The van der Waals surface area contributed by atoms with Crippen LogP contribution in [-0.2, 0) is 75.2 Å². The number of ether oxygens (including phenoxy) is 9. The number of rotatable bonds is 40. The van der Waals surface area contributed by atoms with Gasteiger partial charge >= 0.3 is 0 Å². The fourth-order valence-electron chi connectivity index (χ4n) is 5.62. The first kappa shape index (κ1) is 56.2. The number of hydrogen-bond donors (Lipinski definition) is 3. The van der Waals surface area contributed by atoms with Crippen LogP contribution in [0.1, 0.15) is 32.3 Å². The summed E-state index contributed by atoms with van der Waals surface area (Å²) < 4.78 is 53.8. The molecule has 0 radical (unpaired) electrons. The molecule has 0 aliphatic rings. The number of Topliss-reactive ketones (excluding diaryl/α,β-unsaturated/α-hetero) is 1. The fraction of sp³-hybridized carbons (Fsp3) is 0.659. The molecule has 17 nitrogen and oxygen atoms in total. The zero-order valence-corrected chi connectivity index (χ0v) is 39.6. The predicted molar refractivity (Wildman–Crippen MR) is 244 cm³/mol. The second kappa shape index (κ2) is 35.3. The van der Waals surface area contributed by atoms with Gasteiger partial charge in [-0.05, 0) is 53.5 Å². The van der Waals surface area contributed by atoms with Crippen LogP contribution in [0.3, 0.4) is 0 Å². The Morgan fingerprint density at radius 3 is 1.56 bits per heavy atom. The standard InChI is InChI=1S/C44H72N3O14PS/c1-36(2)62(51,63)61-41-14-12-39(13-15-41)38-10-8-37(9-11-38)33-42(44(50)46-17-20-57-29-32-60-26-23-54-5)47(34-40(48)7-6-18-55-27-30-58-24-21-52-3)35-43(49)45-16-19-56-28-31-59-25-22-53-4/h8-15,36,42H,6-7,16-35H2,1-5H3,(H,45,49)(H,46,50)(H,51,63). The molecule has 19 heteroatoms. The molecule has 0 heterocycles. The molecule has 2 rings (SSSR count). The van der Waals surface area contributed by atoms with Gasteiger partial charge < -0.3 is 62.7 Å². The minimum absolute atomic E-state index is 0.137. The second-order valence-corrected chi connectivity index (χ2v) is 18.4. The van der Waals surface area contributed by atoms with Crippen LogP contribution in [-0.4, -0.2) is 186 Å². The molecule has 0 bridgehead atoms. The van der Waals surface area contributed by atoms with E-state index in [4.69, 9.17) is 59.0 Å². The number of hydrogen-bond acceptors (Lipinski definition) is 15. The zero-order valence-electron chi connectivity index (χ0n) is 37.9. The molecule has 63 heavy (non-hydrogen) atoms. The van der Waals surface area contributed by atoms with Crippen molar-refractivity contribution < 1.29 is 66.4 Å². The van der Waals surface area contributed by atoms with Crippen molar-refractivity contribution in [2.75, 3.05) is 147 Å². The van der Waals surface area contributed by atoms with E-state index in [1.54, 1.807) is 38.4 Å². The van der Waals surface area contributed by atoms with Gasteiger partial charge in [-0.3, -0.25) is 19.3 Å². The predicted octanol–water partition coefficient (Wildman–Crippen LogP) is 3.28. The highest BCUT2D eigenvalue weighted by Gasteiger charge is 2.29. The largest absolute Gasteiger partial charge is 0.443 e. The first-order valence-electron chi connectivity index (χ1n) is 21.5. The third kappa shape index (κ3) is 26.6. The molecule has 0 aliphatic heterocycles. The summed E-state index contributed by atoms with van der Waals surface area (Å²) in [6.07, 6.45) is 0.873. The highest BCUT2D eigenvalue weighted by molar-refractivity contribution is 8.09. The van der Waals surface area contributed by atoms with E-state index < -0.39 is 12.5 Å². The molecule has 2 aromatic carbocycles. The molecule has 0 aliphatic carbocycles. The maximum absolute atomic E-state index is 14.1. The first-order chi connectivity index (χ1) is 30.5. The number of methoxy groups -OCH3 is 3. The topological polar surface area (TPSA) is 191 Å². The number of amides is 2. The Kier molecular flexibility index (Phi) is 31.5. The second-order valence-electron chi connectivity index (χ2n) is 14.5. The lowest BCUT2D eigenvalue weighted by atomic mass is 9.99.